The molecule has 6 heteroatoms. The Morgan fingerprint density at radius 2 is 2.05 bits per heavy atom. The Balaban J connectivity index is 2.18. The van der Waals surface area contributed by atoms with E-state index >= 15 is 0 Å². The van der Waals surface area contributed by atoms with Crippen LogP contribution in [0.3, 0.4) is 0 Å². The molecule has 0 spiro atoms. The van der Waals surface area contributed by atoms with Crippen molar-refractivity contribution in [3.05, 3.63) is 61.9 Å². The van der Waals surface area contributed by atoms with Gasteiger partial charge in [0.05, 0.1) is 12.7 Å². The molecule has 0 aliphatic rings. The molecule has 116 valence electrons. The number of carbonyl (C=O) groups excluding carboxylic acids is 1. The average molecular weight is 434 g/mol. The number of rotatable bonds is 4. The van der Waals surface area contributed by atoms with Gasteiger partial charge in [-0.15, -0.1) is 0 Å². The summed E-state index contributed by atoms with van der Waals surface area (Å²) in [6.45, 7) is 0.294. The van der Waals surface area contributed by atoms with E-state index in [1.54, 1.807) is 37.4 Å². The molecule has 0 saturated heterocycles. The zero-order valence-corrected chi connectivity index (χ0v) is 15.0. The molecule has 0 aliphatic carbocycles. The minimum Gasteiger partial charge on any atom is -0.494 e. The second kappa shape index (κ2) is 7.28. The van der Waals surface area contributed by atoms with Crippen molar-refractivity contribution in [1.29, 1.82) is 0 Å². The summed E-state index contributed by atoms with van der Waals surface area (Å²) in [5, 5.41) is 0.507. The van der Waals surface area contributed by atoms with E-state index < -0.39 is 5.82 Å². The summed E-state index contributed by atoms with van der Waals surface area (Å²) in [5.41, 5.74) is 1.22. The number of methoxy groups -OCH3 is 1. The molecule has 3 nitrogen and oxygen atoms in total. The third-order valence-electron chi connectivity index (χ3n) is 3.14. The van der Waals surface area contributed by atoms with Gasteiger partial charge < -0.3 is 9.64 Å². The lowest BCUT2D eigenvalue weighted by molar-refractivity contribution is 0.0784. The van der Waals surface area contributed by atoms with E-state index in [9.17, 15) is 9.18 Å². The van der Waals surface area contributed by atoms with Crippen molar-refractivity contribution in [3.8, 4) is 5.75 Å². The fourth-order valence-electron chi connectivity index (χ4n) is 2.02. The molecule has 0 saturated carbocycles. The minimum atomic E-state index is -0.446. The van der Waals surface area contributed by atoms with Crippen molar-refractivity contribution in [2.75, 3.05) is 14.2 Å². The van der Waals surface area contributed by atoms with Crippen LogP contribution in [0.25, 0.3) is 0 Å². The van der Waals surface area contributed by atoms with Crippen LogP contribution in [0.5, 0.6) is 5.75 Å². The second-order valence-corrected chi connectivity index (χ2v) is 6.35. The largest absolute Gasteiger partial charge is 0.494 e. The molecule has 2 rings (SSSR count). The zero-order valence-electron chi connectivity index (χ0n) is 12.1. The third kappa shape index (κ3) is 3.89. The lowest BCUT2D eigenvalue weighted by Gasteiger charge is -2.18. The van der Waals surface area contributed by atoms with Gasteiger partial charge in [0.25, 0.3) is 5.91 Å². The Labute approximate surface area is 147 Å². The number of hydrogen-bond donors (Lipinski definition) is 0. The summed E-state index contributed by atoms with van der Waals surface area (Å²) in [6.07, 6.45) is 0. The predicted molar refractivity (Wildman–Crippen MR) is 92.9 cm³/mol. The molecule has 0 aliphatic heterocycles. The summed E-state index contributed by atoms with van der Waals surface area (Å²) in [4.78, 5) is 14.0. The van der Waals surface area contributed by atoms with Crippen LogP contribution in [0.1, 0.15) is 15.9 Å². The fourth-order valence-corrected chi connectivity index (χ4v) is 2.76. The van der Waals surface area contributed by atoms with Crippen LogP contribution in [0.2, 0.25) is 5.02 Å². The standard InChI is InChI=1S/C16H14ClFINO2/c1-20(9-10-3-6-15(22-2)13(18)7-10)16(21)12-8-11(17)4-5-14(12)19/h3-8H,9H2,1-2H3. The molecule has 2 aromatic rings. The van der Waals surface area contributed by atoms with Crippen molar-refractivity contribution >= 4 is 40.1 Å². The van der Waals surface area contributed by atoms with Gasteiger partial charge in [-0.3, -0.25) is 4.79 Å². The topological polar surface area (TPSA) is 29.5 Å². The molecule has 0 aromatic heterocycles. The van der Waals surface area contributed by atoms with Crippen LogP contribution >= 0.6 is 34.2 Å². The Bertz CT molecular complexity index is 709. The highest BCUT2D eigenvalue weighted by molar-refractivity contribution is 14.1. The van der Waals surface area contributed by atoms with E-state index in [1.807, 2.05) is 0 Å². The van der Waals surface area contributed by atoms with Crippen LogP contribution in [0.4, 0.5) is 4.39 Å². The fraction of sp³-hybridized carbons (Fsp3) is 0.188. The number of hydrogen-bond acceptors (Lipinski definition) is 2. The SMILES string of the molecule is COc1ccc(CN(C)C(=O)c2cc(Cl)ccc2I)cc1F. The van der Waals surface area contributed by atoms with Gasteiger partial charge in [-0.25, -0.2) is 4.39 Å². The molecule has 0 radical (unpaired) electrons. The summed E-state index contributed by atoms with van der Waals surface area (Å²) in [6, 6.07) is 9.80. The molecule has 0 N–H and O–H groups in total. The number of nitrogens with zero attached hydrogens (tertiary/aromatic N) is 1. The number of amides is 1. The van der Waals surface area contributed by atoms with Gasteiger partial charge >= 0.3 is 0 Å². The number of halogens is 3. The minimum absolute atomic E-state index is 0.164. The van der Waals surface area contributed by atoms with Gasteiger partial charge in [0.2, 0.25) is 0 Å². The molecule has 2 aromatic carbocycles. The first-order valence-electron chi connectivity index (χ1n) is 6.45. The highest BCUT2D eigenvalue weighted by Crippen LogP contribution is 2.21. The van der Waals surface area contributed by atoms with Crippen LogP contribution in [-0.2, 0) is 6.54 Å². The molecule has 1 amide bonds. The highest BCUT2D eigenvalue weighted by atomic mass is 127. The van der Waals surface area contributed by atoms with E-state index in [1.165, 1.54) is 18.1 Å². The molecule has 22 heavy (non-hydrogen) atoms. The van der Waals surface area contributed by atoms with E-state index in [0.717, 1.165) is 3.57 Å². The maximum atomic E-state index is 13.7. The van der Waals surface area contributed by atoms with Crippen LogP contribution in [0.15, 0.2) is 36.4 Å². The maximum Gasteiger partial charge on any atom is 0.255 e. The first kappa shape index (κ1) is 17.0. The lowest BCUT2D eigenvalue weighted by atomic mass is 10.1. The quantitative estimate of drug-likeness (QED) is 0.671. The maximum absolute atomic E-state index is 13.7. The van der Waals surface area contributed by atoms with E-state index in [2.05, 4.69) is 22.6 Å². The Hall–Kier alpha value is -1.34. The van der Waals surface area contributed by atoms with Crippen LogP contribution < -0.4 is 4.74 Å². The number of ether oxygens (including phenoxy) is 1. The van der Waals surface area contributed by atoms with Crippen LogP contribution in [-0.4, -0.2) is 25.0 Å². The van der Waals surface area contributed by atoms with Gasteiger partial charge in [0.15, 0.2) is 11.6 Å². The van der Waals surface area contributed by atoms with Gasteiger partial charge in [-0.05, 0) is 58.5 Å². The molecule has 0 heterocycles. The first-order valence-corrected chi connectivity index (χ1v) is 7.91. The molecular formula is C16H14ClFINO2. The monoisotopic (exact) mass is 433 g/mol. The second-order valence-electron chi connectivity index (χ2n) is 4.75. The molecular weight excluding hydrogens is 420 g/mol. The van der Waals surface area contributed by atoms with Crippen molar-refractivity contribution in [3.63, 3.8) is 0 Å². The third-order valence-corrected chi connectivity index (χ3v) is 4.32. The zero-order chi connectivity index (χ0) is 16.3. The average Bonchev–Trinajstić information content (AvgIpc) is 2.49. The Morgan fingerprint density at radius 3 is 2.68 bits per heavy atom. The molecule has 0 fully saturated rings. The first-order chi connectivity index (χ1) is 10.4. The van der Waals surface area contributed by atoms with Gasteiger partial charge in [-0.1, -0.05) is 17.7 Å². The summed E-state index contributed by atoms with van der Waals surface area (Å²) < 4.78 is 19.4. The summed E-state index contributed by atoms with van der Waals surface area (Å²) in [7, 11) is 3.08. The highest BCUT2D eigenvalue weighted by Gasteiger charge is 2.16. The normalized spacial score (nSPS) is 10.4. The van der Waals surface area contributed by atoms with Crippen molar-refractivity contribution < 1.29 is 13.9 Å². The van der Waals surface area contributed by atoms with E-state index in [0.29, 0.717) is 22.7 Å². The predicted octanol–water partition coefficient (Wildman–Crippen LogP) is 4.36. The molecule has 0 bridgehead atoms. The van der Waals surface area contributed by atoms with Gasteiger partial charge in [-0.2, -0.15) is 0 Å². The smallest absolute Gasteiger partial charge is 0.255 e. The van der Waals surface area contributed by atoms with Crippen molar-refractivity contribution in [1.82, 2.24) is 4.90 Å². The van der Waals surface area contributed by atoms with E-state index in [4.69, 9.17) is 16.3 Å². The van der Waals surface area contributed by atoms with Gasteiger partial charge in [0.1, 0.15) is 0 Å². The number of benzene rings is 2. The summed E-state index contributed by atoms with van der Waals surface area (Å²) in [5.74, 6) is -0.427. The Morgan fingerprint density at radius 1 is 1.32 bits per heavy atom. The van der Waals surface area contributed by atoms with Crippen LogP contribution in [0, 0.1) is 9.39 Å². The van der Waals surface area contributed by atoms with Crippen molar-refractivity contribution in [2.24, 2.45) is 0 Å². The Kier molecular flexibility index (Phi) is 5.63. The lowest BCUT2D eigenvalue weighted by Crippen LogP contribution is -2.27. The summed E-state index contributed by atoms with van der Waals surface area (Å²) >= 11 is 8.03. The number of carbonyl (C=O) groups is 1. The van der Waals surface area contributed by atoms with E-state index in [-0.39, 0.29) is 11.7 Å². The molecule has 0 unspecified atom stereocenters. The van der Waals surface area contributed by atoms with Gasteiger partial charge in [0, 0.05) is 22.2 Å². The molecule has 0 atom stereocenters. The van der Waals surface area contributed by atoms with Crippen molar-refractivity contribution in [2.45, 2.75) is 6.54 Å².